The smallest absolute Gasteiger partial charge is 0.423 e. The average Bonchev–Trinajstić information content (AvgIpc) is 3.36. The molecule has 12 aliphatic carbocycles. The fourth-order valence-corrected chi connectivity index (χ4v) is 17.0. The Morgan fingerprint density at radius 1 is 0.514 bits per heavy atom. The van der Waals surface area contributed by atoms with Gasteiger partial charge in [-0.05, 0) is 227 Å². The van der Waals surface area contributed by atoms with Crippen molar-refractivity contribution >= 4 is 50.7 Å². The molecule has 0 atom stereocenters. The lowest BCUT2D eigenvalue weighted by atomic mass is 9.53. The number of hydrogen-bond donors (Lipinski definition) is 5. The number of pyridine rings is 2. The van der Waals surface area contributed by atoms with Gasteiger partial charge in [0.15, 0.2) is 0 Å². The van der Waals surface area contributed by atoms with Crippen molar-refractivity contribution in [1.82, 2.24) is 20.6 Å². The third kappa shape index (κ3) is 14.7. The van der Waals surface area contributed by atoms with Gasteiger partial charge in [0, 0.05) is 74.5 Å². The molecule has 6 N–H and O–H groups in total. The second-order valence-electron chi connectivity index (χ2n) is 24.3. The second kappa shape index (κ2) is 25.3. The highest BCUT2D eigenvalue weighted by Crippen LogP contribution is 2.57. The van der Waals surface area contributed by atoms with Gasteiger partial charge in [-0.1, -0.05) is 107 Å². The SMILES string of the molecule is Brc1ccc(CNC23CC4CC(CC(C4)C2)C3)cc1.C.C.NC12CC3CC(CC(C3)C1)C2.O=Cc1ccc(Br)cc1.OB(O)c1cccnc1.c1cncc(-c2ccc(CNC34CC5CC(CC(C5)C3)C4)cc2)c1. The Morgan fingerprint density at radius 3 is 1.20 bits per heavy atom. The summed E-state index contributed by atoms with van der Waals surface area (Å²) in [7, 11) is -1.40. The molecule has 12 bridgehead atoms. The first-order valence-corrected chi connectivity index (χ1v) is 28.9. The molecule has 12 saturated carbocycles. The first kappa shape index (κ1) is 56.7. The van der Waals surface area contributed by atoms with Gasteiger partial charge in [-0.15, -0.1) is 0 Å². The maximum Gasteiger partial charge on any atom is 0.490 e. The van der Waals surface area contributed by atoms with E-state index in [0.29, 0.717) is 27.6 Å². The van der Waals surface area contributed by atoms with Gasteiger partial charge < -0.3 is 26.4 Å². The first-order valence-electron chi connectivity index (χ1n) is 27.3. The number of aromatic nitrogens is 2. The minimum absolute atomic E-state index is 0. The largest absolute Gasteiger partial charge is 0.490 e. The van der Waals surface area contributed by atoms with E-state index in [1.54, 1.807) is 30.5 Å². The number of carbonyl (C=O) groups excluding carboxylic acids is 1. The van der Waals surface area contributed by atoms with Crippen molar-refractivity contribution in [2.75, 3.05) is 0 Å². The summed E-state index contributed by atoms with van der Waals surface area (Å²) >= 11 is 6.77. The van der Waals surface area contributed by atoms with E-state index in [-0.39, 0.29) is 14.9 Å². The first-order chi connectivity index (χ1) is 34.9. The molecule has 12 aliphatic rings. The van der Waals surface area contributed by atoms with Crippen molar-refractivity contribution in [2.24, 2.45) is 59.0 Å². The molecular formula is C63H84BBr2N5O3. The molecule has 396 valence electrons. The number of carbonyl (C=O) groups is 1. The molecule has 17 rings (SSSR count). The summed E-state index contributed by atoms with van der Waals surface area (Å²) in [5, 5.41) is 25.0. The van der Waals surface area contributed by atoms with Crippen LogP contribution in [0.15, 0.2) is 131 Å². The van der Waals surface area contributed by atoms with Crippen LogP contribution in [-0.4, -0.2) is 50.0 Å². The van der Waals surface area contributed by atoms with Crippen molar-refractivity contribution in [1.29, 1.82) is 0 Å². The van der Waals surface area contributed by atoms with Crippen LogP contribution < -0.4 is 21.8 Å². The van der Waals surface area contributed by atoms with Gasteiger partial charge in [0.05, 0.1) is 0 Å². The molecule has 0 aliphatic heterocycles. The molecule has 2 aromatic heterocycles. The van der Waals surface area contributed by atoms with Gasteiger partial charge >= 0.3 is 7.12 Å². The minimum atomic E-state index is -1.40. The molecule has 8 nitrogen and oxygen atoms in total. The lowest BCUT2D eigenvalue weighted by Gasteiger charge is -2.57. The zero-order chi connectivity index (χ0) is 49.7. The topological polar surface area (TPSA) is 133 Å². The van der Waals surface area contributed by atoms with Crippen LogP contribution in [0.2, 0.25) is 0 Å². The number of benzene rings is 3. The normalized spacial score (nSPS) is 32.3. The summed E-state index contributed by atoms with van der Waals surface area (Å²) in [6.45, 7) is 2.05. The summed E-state index contributed by atoms with van der Waals surface area (Å²) in [4.78, 5) is 18.0. The maximum absolute atomic E-state index is 10.1. The number of hydrogen-bond acceptors (Lipinski definition) is 8. The van der Waals surface area contributed by atoms with Crippen LogP contribution in [0.25, 0.3) is 11.1 Å². The fourth-order valence-electron chi connectivity index (χ4n) is 16.4. The lowest BCUT2D eigenvalue weighted by Crippen LogP contribution is -2.58. The predicted octanol–water partition coefficient (Wildman–Crippen LogP) is 13.5. The Balaban J connectivity index is 0.000000130. The molecule has 0 unspecified atom stereocenters. The van der Waals surface area contributed by atoms with E-state index in [9.17, 15) is 4.79 Å². The van der Waals surface area contributed by atoms with Gasteiger partial charge in [-0.2, -0.15) is 0 Å². The highest BCUT2D eigenvalue weighted by atomic mass is 79.9. The predicted molar refractivity (Wildman–Crippen MR) is 311 cm³/mol. The number of rotatable bonds is 9. The Bertz CT molecular complexity index is 2410. The number of aldehydes is 1. The Labute approximate surface area is 461 Å². The van der Waals surface area contributed by atoms with Gasteiger partial charge in [-0.3, -0.25) is 14.8 Å². The van der Waals surface area contributed by atoms with E-state index in [1.165, 1.54) is 148 Å². The summed E-state index contributed by atoms with van der Waals surface area (Å²) in [5.74, 6) is 9.19. The van der Waals surface area contributed by atoms with Crippen LogP contribution in [0, 0.1) is 53.3 Å². The van der Waals surface area contributed by atoms with Gasteiger partial charge in [0.1, 0.15) is 6.29 Å². The third-order valence-electron chi connectivity index (χ3n) is 18.3. The summed E-state index contributed by atoms with van der Waals surface area (Å²) in [6, 6.07) is 32.3. The van der Waals surface area contributed by atoms with Crippen LogP contribution in [0.4, 0.5) is 0 Å². The molecule has 3 aromatic carbocycles. The molecule has 11 heteroatoms. The Morgan fingerprint density at radius 2 is 0.878 bits per heavy atom. The van der Waals surface area contributed by atoms with E-state index in [1.807, 2.05) is 30.6 Å². The minimum Gasteiger partial charge on any atom is -0.423 e. The van der Waals surface area contributed by atoms with Crippen LogP contribution in [0.3, 0.4) is 0 Å². The van der Waals surface area contributed by atoms with Crippen LogP contribution in [-0.2, 0) is 13.1 Å². The number of nitrogens with zero attached hydrogens (tertiary/aromatic N) is 2. The Hall–Kier alpha value is -3.55. The zero-order valence-electron chi connectivity index (χ0n) is 42.1. The van der Waals surface area contributed by atoms with E-state index in [2.05, 4.69) is 107 Å². The molecular weight excluding hydrogens is 1050 g/mol. The highest BCUT2D eigenvalue weighted by Gasteiger charge is 2.52. The van der Waals surface area contributed by atoms with Crippen LogP contribution in [0.5, 0.6) is 0 Å². The standard InChI is InChI=1S/C22H26N2.C17H22BrN.C10H17N.C7H5BrO.C5H6BNO2.2CH4/c1-2-21(15-23-7-1)20-5-3-16(4-6-20)14-24-22-11-17-8-18(12-22)10-19(9-17)13-22;18-16-3-1-12(2-4-16)11-19-17-8-13-5-14(9-17)7-15(6-13)10-17;11-10-4-7-1-8(5-10)3-9(2-7)6-10;8-7-3-1-6(5-9)2-4-7;8-6(9)5-2-1-3-7-4-5;;/h1-7,15,17-19,24H,8-14H2;1-4,13-15,19H,5-11H2;7-9H,1-6,11H2;1-5H;1-4,8-9H;2*1H4. The van der Waals surface area contributed by atoms with Gasteiger partial charge in [0.25, 0.3) is 0 Å². The van der Waals surface area contributed by atoms with Crippen molar-refractivity contribution < 1.29 is 14.8 Å². The monoisotopic (exact) mass is 1130 g/mol. The zero-order valence-corrected chi connectivity index (χ0v) is 45.2. The molecule has 5 aromatic rings. The van der Waals surface area contributed by atoms with Crippen LogP contribution in [0.1, 0.15) is 152 Å². The van der Waals surface area contributed by atoms with E-state index >= 15 is 0 Å². The molecule has 0 saturated heterocycles. The molecule has 74 heavy (non-hydrogen) atoms. The average molecular weight is 1130 g/mol. The lowest BCUT2D eigenvalue weighted by molar-refractivity contribution is -0.0207. The fraction of sp³-hybridized carbons (Fsp3) is 0.540. The quantitative estimate of drug-likeness (QED) is 0.0728. The molecule has 0 amide bonds. The van der Waals surface area contributed by atoms with Gasteiger partial charge in [-0.25, -0.2) is 0 Å². The molecule has 2 heterocycles. The molecule has 0 spiro atoms. The van der Waals surface area contributed by atoms with E-state index in [0.717, 1.165) is 77.1 Å². The van der Waals surface area contributed by atoms with E-state index in [4.69, 9.17) is 15.8 Å². The Kier molecular flexibility index (Phi) is 19.4. The number of halogens is 2. The third-order valence-corrected chi connectivity index (χ3v) is 19.4. The number of nitrogens with two attached hydrogens (primary N) is 1. The van der Waals surface area contributed by atoms with Gasteiger partial charge in [0.2, 0.25) is 0 Å². The molecule has 0 radical (unpaired) electrons. The van der Waals surface area contributed by atoms with E-state index < -0.39 is 7.12 Å². The second-order valence-corrected chi connectivity index (χ2v) is 26.1. The summed E-state index contributed by atoms with van der Waals surface area (Å²) < 4.78 is 2.17. The van der Waals surface area contributed by atoms with Crippen LogP contribution >= 0.6 is 31.9 Å². The molecule has 12 fully saturated rings. The highest BCUT2D eigenvalue weighted by molar-refractivity contribution is 9.10. The summed E-state index contributed by atoms with van der Waals surface area (Å²) in [6.07, 6.45) is 33.9. The summed E-state index contributed by atoms with van der Waals surface area (Å²) in [5.41, 5.74) is 13.9. The van der Waals surface area contributed by atoms with Crippen molar-refractivity contribution in [3.8, 4) is 11.1 Å². The maximum atomic E-state index is 10.1. The van der Waals surface area contributed by atoms with Crippen molar-refractivity contribution in [3.63, 3.8) is 0 Å². The number of nitrogens with one attached hydrogen (secondary N) is 2. The van der Waals surface area contributed by atoms with Crippen molar-refractivity contribution in [3.05, 3.63) is 147 Å². The van der Waals surface area contributed by atoms with Crippen molar-refractivity contribution in [2.45, 2.75) is 160 Å².